The highest BCUT2D eigenvalue weighted by Gasteiger charge is 2.40. The smallest absolute Gasteiger partial charge is 0.410 e. The molecule has 3 aromatic rings. The highest BCUT2D eigenvalue weighted by atomic mass is 16.6. The van der Waals surface area contributed by atoms with Crippen LogP contribution < -0.4 is 9.47 Å². The number of methoxy groups -OCH3 is 2. The molecule has 6 nitrogen and oxygen atoms in total. The highest BCUT2D eigenvalue weighted by molar-refractivity contribution is 5.80. The van der Waals surface area contributed by atoms with E-state index >= 15 is 0 Å². The van der Waals surface area contributed by atoms with Crippen LogP contribution in [0.3, 0.4) is 0 Å². The summed E-state index contributed by atoms with van der Waals surface area (Å²) in [5.74, 6) is 1.44. The molecule has 36 heavy (non-hydrogen) atoms. The van der Waals surface area contributed by atoms with E-state index in [0.717, 1.165) is 11.1 Å². The van der Waals surface area contributed by atoms with Crippen LogP contribution in [0.4, 0.5) is 4.79 Å². The molecule has 2 bridgehead atoms. The van der Waals surface area contributed by atoms with Crippen LogP contribution >= 0.6 is 0 Å². The van der Waals surface area contributed by atoms with Crippen molar-refractivity contribution in [3.63, 3.8) is 0 Å². The standard InChI is InChI=1S/C30H29NO5/c1-33-28-13-7-12-22(29(28)34-2)19-14-20-16-35-17-21(15-19)31(20)30(32)36-18-27-25-10-5-3-8-23(25)24-9-4-6-11-26(24)27/h3-14,20-21,27H,15-18H2,1-2H3. The lowest BCUT2D eigenvalue weighted by Crippen LogP contribution is -2.56. The molecule has 0 N–H and O–H groups in total. The second kappa shape index (κ2) is 9.36. The average molecular weight is 484 g/mol. The Morgan fingerprint density at radius 2 is 1.58 bits per heavy atom. The van der Waals surface area contributed by atoms with Crippen molar-refractivity contribution in [2.75, 3.05) is 34.0 Å². The predicted molar refractivity (Wildman–Crippen MR) is 137 cm³/mol. The zero-order valence-corrected chi connectivity index (χ0v) is 20.5. The maximum Gasteiger partial charge on any atom is 0.410 e. The third-order valence-electron chi connectivity index (χ3n) is 7.49. The first-order valence-electron chi connectivity index (χ1n) is 12.3. The summed E-state index contributed by atoms with van der Waals surface area (Å²) in [7, 11) is 3.29. The Labute approximate surface area is 211 Å². The van der Waals surface area contributed by atoms with Gasteiger partial charge >= 0.3 is 6.09 Å². The third kappa shape index (κ3) is 3.73. The molecule has 1 saturated heterocycles. The maximum atomic E-state index is 13.4. The first-order chi connectivity index (χ1) is 17.7. The van der Waals surface area contributed by atoms with Crippen molar-refractivity contribution in [3.8, 4) is 22.6 Å². The quantitative estimate of drug-likeness (QED) is 0.479. The SMILES string of the molecule is COc1cccc(C2=CC3COCC(C2)N3C(=O)OCC2c3ccccc3-c3ccccc32)c1OC. The van der Waals surface area contributed by atoms with Crippen molar-refractivity contribution in [1.29, 1.82) is 0 Å². The number of carbonyl (C=O) groups excluding carboxylic acids is 1. The van der Waals surface area contributed by atoms with Crippen molar-refractivity contribution in [2.24, 2.45) is 0 Å². The number of para-hydroxylation sites is 1. The van der Waals surface area contributed by atoms with Crippen molar-refractivity contribution in [1.82, 2.24) is 4.90 Å². The minimum Gasteiger partial charge on any atom is -0.493 e. The molecule has 1 amide bonds. The fraction of sp³-hybridized carbons (Fsp3) is 0.300. The fourth-order valence-electron chi connectivity index (χ4n) is 5.89. The summed E-state index contributed by atoms with van der Waals surface area (Å²) in [4.78, 5) is 15.3. The van der Waals surface area contributed by atoms with Crippen molar-refractivity contribution >= 4 is 11.7 Å². The fourth-order valence-corrected chi connectivity index (χ4v) is 5.89. The Morgan fingerprint density at radius 3 is 2.25 bits per heavy atom. The Bertz CT molecular complexity index is 1290. The number of amides is 1. The largest absolute Gasteiger partial charge is 0.493 e. The van der Waals surface area contributed by atoms with E-state index in [-0.39, 0.29) is 24.1 Å². The number of nitrogens with zero attached hydrogens (tertiary/aromatic N) is 1. The molecule has 1 aliphatic carbocycles. The van der Waals surface area contributed by atoms with Gasteiger partial charge in [-0.05, 0) is 40.3 Å². The average Bonchev–Trinajstić information content (AvgIpc) is 3.24. The lowest BCUT2D eigenvalue weighted by molar-refractivity contribution is -0.0331. The molecule has 0 spiro atoms. The summed E-state index contributed by atoms with van der Waals surface area (Å²) in [6, 6.07) is 22.3. The second-order valence-corrected chi connectivity index (χ2v) is 9.41. The van der Waals surface area contributed by atoms with Gasteiger partial charge in [-0.15, -0.1) is 0 Å². The van der Waals surface area contributed by atoms with Gasteiger partial charge in [-0.1, -0.05) is 66.7 Å². The molecular weight excluding hydrogens is 454 g/mol. The number of morpholine rings is 1. The van der Waals surface area contributed by atoms with Crippen molar-refractivity contribution in [2.45, 2.75) is 24.4 Å². The van der Waals surface area contributed by atoms with E-state index < -0.39 is 0 Å². The first-order valence-corrected chi connectivity index (χ1v) is 12.3. The van der Waals surface area contributed by atoms with Gasteiger partial charge in [0.05, 0.1) is 39.5 Å². The molecule has 2 aliphatic heterocycles. The van der Waals surface area contributed by atoms with Crippen molar-refractivity contribution in [3.05, 3.63) is 89.5 Å². The molecule has 0 radical (unpaired) electrons. The molecule has 2 unspecified atom stereocenters. The Morgan fingerprint density at radius 1 is 0.889 bits per heavy atom. The lowest BCUT2D eigenvalue weighted by atomic mass is 9.89. The van der Waals surface area contributed by atoms with Crippen LogP contribution in [-0.2, 0) is 9.47 Å². The van der Waals surface area contributed by atoms with E-state index in [9.17, 15) is 4.79 Å². The number of carbonyl (C=O) groups is 1. The van der Waals surface area contributed by atoms with Crippen LogP contribution in [0.25, 0.3) is 16.7 Å². The number of ether oxygens (including phenoxy) is 4. The summed E-state index contributed by atoms with van der Waals surface area (Å²) in [5, 5.41) is 0. The molecule has 3 aromatic carbocycles. The molecule has 6 heteroatoms. The predicted octanol–water partition coefficient (Wildman–Crippen LogP) is 5.51. The molecule has 2 atom stereocenters. The normalized spacial score (nSPS) is 20.3. The summed E-state index contributed by atoms with van der Waals surface area (Å²) in [6.45, 7) is 1.23. The third-order valence-corrected chi connectivity index (χ3v) is 7.49. The minimum absolute atomic E-state index is 0.0365. The number of fused-ring (bicyclic) bond motifs is 5. The van der Waals surface area contributed by atoms with Gasteiger partial charge in [-0.25, -0.2) is 4.79 Å². The van der Waals surface area contributed by atoms with E-state index in [1.54, 1.807) is 14.2 Å². The number of benzene rings is 3. The topological polar surface area (TPSA) is 57.2 Å². The lowest BCUT2D eigenvalue weighted by Gasteiger charge is -2.44. The number of rotatable bonds is 5. The van der Waals surface area contributed by atoms with Crippen LogP contribution in [0, 0.1) is 0 Å². The summed E-state index contributed by atoms with van der Waals surface area (Å²) in [5.41, 5.74) is 6.98. The summed E-state index contributed by atoms with van der Waals surface area (Å²) in [6.07, 6.45) is 2.47. The Kier molecular flexibility index (Phi) is 5.89. The van der Waals surface area contributed by atoms with Crippen LogP contribution in [0.2, 0.25) is 0 Å². The van der Waals surface area contributed by atoms with E-state index in [1.165, 1.54) is 22.3 Å². The monoisotopic (exact) mass is 483 g/mol. The first kappa shape index (κ1) is 22.7. The minimum atomic E-state index is -0.289. The molecule has 6 rings (SSSR count). The van der Waals surface area contributed by atoms with Gasteiger partial charge in [0.1, 0.15) is 6.61 Å². The molecule has 1 fully saturated rings. The van der Waals surface area contributed by atoms with Crippen LogP contribution in [-0.4, -0.2) is 57.1 Å². The molecule has 0 saturated carbocycles. The maximum absolute atomic E-state index is 13.4. The van der Waals surface area contributed by atoms with Crippen LogP contribution in [0.15, 0.2) is 72.8 Å². The van der Waals surface area contributed by atoms with E-state index in [4.69, 9.17) is 18.9 Å². The van der Waals surface area contributed by atoms with Gasteiger partial charge < -0.3 is 18.9 Å². The number of hydrogen-bond acceptors (Lipinski definition) is 5. The number of hydrogen-bond donors (Lipinski definition) is 0. The van der Waals surface area contributed by atoms with Gasteiger partial charge in [0, 0.05) is 11.5 Å². The molecule has 3 aliphatic rings. The molecule has 2 heterocycles. The van der Waals surface area contributed by atoms with E-state index in [0.29, 0.717) is 37.7 Å². The van der Waals surface area contributed by atoms with Gasteiger partial charge in [-0.2, -0.15) is 0 Å². The molecular formula is C30H29NO5. The molecule has 184 valence electrons. The van der Waals surface area contributed by atoms with Crippen molar-refractivity contribution < 1.29 is 23.7 Å². The zero-order chi connectivity index (χ0) is 24.6. The van der Waals surface area contributed by atoms with E-state index in [2.05, 4.69) is 42.5 Å². The van der Waals surface area contributed by atoms with Crippen LogP contribution in [0.5, 0.6) is 11.5 Å². The zero-order valence-electron chi connectivity index (χ0n) is 20.5. The van der Waals surface area contributed by atoms with Gasteiger partial charge in [-0.3, -0.25) is 4.90 Å². The van der Waals surface area contributed by atoms with Gasteiger partial charge in [0.2, 0.25) is 0 Å². The summed E-state index contributed by atoms with van der Waals surface area (Å²) < 4.78 is 23.0. The van der Waals surface area contributed by atoms with Gasteiger partial charge in [0.15, 0.2) is 11.5 Å². The Hall–Kier alpha value is -3.77. The second-order valence-electron chi connectivity index (χ2n) is 9.41. The highest BCUT2D eigenvalue weighted by Crippen LogP contribution is 2.45. The van der Waals surface area contributed by atoms with Crippen LogP contribution in [0.1, 0.15) is 29.0 Å². The molecule has 0 aromatic heterocycles. The van der Waals surface area contributed by atoms with E-state index in [1.807, 2.05) is 35.2 Å². The van der Waals surface area contributed by atoms with Gasteiger partial charge in [0.25, 0.3) is 0 Å². The Balaban J connectivity index is 1.23. The summed E-state index contributed by atoms with van der Waals surface area (Å²) >= 11 is 0.